The van der Waals surface area contributed by atoms with Gasteiger partial charge in [0.15, 0.2) is 17.5 Å². The Bertz CT molecular complexity index is 1480. The lowest BCUT2D eigenvalue weighted by Crippen LogP contribution is -2.38. The number of hydrogen-bond donors (Lipinski definition) is 1. The van der Waals surface area contributed by atoms with Gasteiger partial charge in [0.05, 0.1) is 17.4 Å². The molecule has 4 nitrogen and oxygen atoms in total. The van der Waals surface area contributed by atoms with E-state index in [0.29, 0.717) is 24.7 Å². The summed E-state index contributed by atoms with van der Waals surface area (Å²) in [6.07, 6.45) is 14.6. The first-order valence-electron chi connectivity index (χ1n) is 21.3. The molecule has 0 aromatic heterocycles. The Morgan fingerprint density at radius 2 is 1.02 bits per heavy atom. The molecule has 0 amide bonds. The molecule has 56 heavy (non-hydrogen) atoms. The first-order chi connectivity index (χ1) is 26.7. The molecule has 0 saturated heterocycles. The zero-order chi connectivity index (χ0) is 40.5. The Morgan fingerprint density at radius 3 is 1.43 bits per heavy atom. The van der Waals surface area contributed by atoms with Crippen LogP contribution in [0, 0.1) is 64.8 Å². The molecule has 4 saturated carbocycles. The number of halogens is 7. The monoisotopic (exact) mass is 798 g/mol. The third-order valence-electron chi connectivity index (χ3n) is 13.5. The van der Waals surface area contributed by atoms with Crippen LogP contribution in [0.1, 0.15) is 148 Å². The molecule has 2 aromatic carbocycles. The summed E-state index contributed by atoms with van der Waals surface area (Å²) in [4.78, 5) is 11.0. The molecule has 6 rings (SSSR count). The molecule has 4 aliphatic carbocycles. The van der Waals surface area contributed by atoms with Crippen LogP contribution in [0.2, 0.25) is 0 Å². The predicted octanol–water partition coefficient (Wildman–Crippen LogP) is 14.1. The summed E-state index contributed by atoms with van der Waals surface area (Å²) < 4.78 is 108. The van der Waals surface area contributed by atoms with E-state index < -0.39 is 52.9 Å². The molecule has 0 heterocycles. The van der Waals surface area contributed by atoms with Gasteiger partial charge in [0.2, 0.25) is 0 Å². The van der Waals surface area contributed by atoms with Crippen LogP contribution in [0.25, 0.3) is 0 Å². The lowest BCUT2D eigenvalue weighted by Gasteiger charge is -2.39. The van der Waals surface area contributed by atoms with Crippen molar-refractivity contribution >= 4 is 5.97 Å². The second-order valence-corrected chi connectivity index (χ2v) is 17.2. The van der Waals surface area contributed by atoms with Gasteiger partial charge in [-0.05, 0) is 137 Å². The van der Waals surface area contributed by atoms with Crippen LogP contribution >= 0.6 is 0 Å². The van der Waals surface area contributed by atoms with E-state index >= 15 is 0 Å². The topological polar surface area (TPSA) is 55.8 Å². The van der Waals surface area contributed by atoms with Crippen LogP contribution in [0.4, 0.5) is 30.7 Å². The van der Waals surface area contributed by atoms with Crippen molar-refractivity contribution in [3.63, 3.8) is 0 Å². The van der Waals surface area contributed by atoms with Crippen molar-refractivity contribution in [2.45, 2.75) is 154 Å². The van der Waals surface area contributed by atoms with Crippen molar-refractivity contribution in [3.05, 3.63) is 59.4 Å². The average molecular weight is 799 g/mol. The summed E-state index contributed by atoms with van der Waals surface area (Å²) in [5, 5.41) is 9.03. The van der Waals surface area contributed by atoms with E-state index in [9.17, 15) is 35.5 Å². The minimum absolute atomic E-state index is 0.0438. The fourth-order valence-electron chi connectivity index (χ4n) is 10.2. The van der Waals surface area contributed by atoms with E-state index in [1.807, 2.05) is 0 Å². The zero-order valence-corrected chi connectivity index (χ0v) is 33.0. The number of rotatable bonds is 13. The number of carbonyl (C=O) groups is 1. The third-order valence-corrected chi connectivity index (χ3v) is 13.5. The predicted molar refractivity (Wildman–Crippen MR) is 202 cm³/mol. The van der Waals surface area contributed by atoms with Crippen LogP contribution in [0.15, 0.2) is 36.4 Å². The first kappa shape index (κ1) is 44.1. The van der Waals surface area contributed by atoms with Crippen molar-refractivity contribution in [1.82, 2.24) is 0 Å². The normalized spacial score (nSPS) is 28.8. The molecule has 0 aliphatic heterocycles. The van der Waals surface area contributed by atoms with Crippen LogP contribution in [-0.4, -0.2) is 17.2 Å². The van der Waals surface area contributed by atoms with E-state index in [0.717, 1.165) is 73.6 Å². The largest absolute Gasteiger partial charge is 0.481 e. The van der Waals surface area contributed by atoms with Gasteiger partial charge in [-0.3, -0.25) is 4.79 Å². The number of hydrogen-bond acceptors (Lipinski definition) is 3. The Labute approximate surface area is 328 Å². The van der Waals surface area contributed by atoms with Crippen molar-refractivity contribution in [2.24, 2.45) is 47.3 Å². The van der Waals surface area contributed by atoms with Gasteiger partial charge in [-0.1, -0.05) is 65.2 Å². The lowest BCUT2D eigenvalue weighted by atomic mass is 9.68. The Hall–Kier alpha value is -2.98. The van der Waals surface area contributed by atoms with E-state index in [1.165, 1.54) is 89.9 Å². The molecule has 0 bridgehead atoms. The third kappa shape index (κ3) is 12.0. The smallest absolute Gasteiger partial charge is 0.426 e. The minimum atomic E-state index is -4.06. The SMILES string of the molecule is CCCC1CCC(C2CCC(C(=O)O)CC2)CC1.CCCC1CCC(C2CCC(C(F)(F)Oc3ccc(C(F)(F)Oc4cc(F)c(F)c(F)c4)cc3)CC2)CC1. The Kier molecular flexibility index (Phi) is 15.9. The maximum atomic E-state index is 14.9. The molecular weight excluding hydrogens is 737 g/mol. The van der Waals surface area contributed by atoms with Gasteiger partial charge in [0.1, 0.15) is 11.5 Å². The zero-order valence-electron chi connectivity index (χ0n) is 33.0. The lowest BCUT2D eigenvalue weighted by molar-refractivity contribution is -0.224. The Morgan fingerprint density at radius 1 is 0.607 bits per heavy atom. The molecule has 2 aromatic rings. The summed E-state index contributed by atoms with van der Waals surface area (Å²) in [5.41, 5.74) is -0.757. The number of carboxylic acids is 1. The highest BCUT2D eigenvalue weighted by Gasteiger charge is 2.45. The molecule has 0 radical (unpaired) electrons. The molecule has 314 valence electrons. The summed E-state index contributed by atoms with van der Waals surface area (Å²) in [7, 11) is 0. The Balaban J connectivity index is 0.000000278. The van der Waals surface area contributed by atoms with Gasteiger partial charge in [-0.2, -0.15) is 17.6 Å². The van der Waals surface area contributed by atoms with Crippen molar-refractivity contribution in [1.29, 1.82) is 0 Å². The highest BCUT2D eigenvalue weighted by molar-refractivity contribution is 5.70. The van der Waals surface area contributed by atoms with Gasteiger partial charge in [0.25, 0.3) is 0 Å². The maximum absolute atomic E-state index is 14.9. The van der Waals surface area contributed by atoms with Gasteiger partial charge in [-0.25, -0.2) is 13.2 Å². The quantitative estimate of drug-likeness (QED) is 0.162. The van der Waals surface area contributed by atoms with Gasteiger partial charge < -0.3 is 14.6 Å². The van der Waals surface area contributed by atoms with Crippen LogP contribution in [-0.2, 0) is 10.9 Å². The molecule has 1 N–H and O–H groups in total. The average Bonchev–Trinajstić information content (AvgIpc) is 3.18. The second kappa shape index (κ2) is 20.1. The molecule has 0 atom stereocenters. The van der Waals surface area contributed by atoms with E-state index in [4.69, 9.17) is 9.84 Å². The summed E-state index contributed by atoms with van der Waals surface area (Å²) >= 11 is 0. The van der Waals surface area contributed by atoms with Gasteiger partial charge >= 0.3 is 18.2 Å². The van der Waals surface area contributed by atoms with E-state index in [2.05, 4.69) is 18.6 Å². The molecule has 4 aliphatic rings. The number of alkyl halides is 4. The number of benzene rings is 2. The molecule has 11 heteroatoms. The van der Waals surface area contributed by atoms with Gasteiger partial charge in [0, 0.05) is 12.1 Å². The summed E-state index contributed by atoms with van der Waals surface area (Å²) in [6.45, 7) is 4.50. The molecule has 4 fully saturated rings. The van der Waals surface area contributed by atoms with Crippen molar-refractivity contribution in [3.8, 4) is 11.5 Å². The van der Waals surface area contributed by atoms with Crippen molar-refractivity contribution < 1.29 is 50.1 Å². The standard InChI is InChI=1S/C29H33F7O2.C16H28O2/c1-2-3-18-4-6-19(7-5-18)20-8-10-21(11-9-20)28(33,34)37-23-14-12-22(13-15-23)29(35,36)38-24-16-25(30)27(32)26(31)17-24;1-2-3-12-4-6-13(7-5-12)14-8-10-15(11-9-14)16(17)18/h12-21H,2-11H2,1H3;12-15H,2-11H2,1H3,(H,17,18). The summed E-state index contributed by atoms with van der Waals surface area (Å²) in [6, 6.07) is 4.16. The van der Waals surface area contributed by atoms with Crippen molar-refractivity contribution in [2.75, 3.05) is 0 Å². The molecule has 0 unspecified atom stereocenters. The van der Waals surface area contributed by atoms with Crippen LogP contribution < -0.4 is 9.47 Å². The second-order valence-electron chi connectivity index (χ2n) is 17.2. The fourth-order valence-corrected chi connectivity index (χ4v) is 10.2. The number of aliphatic carboxylic acids is 1. The first-order valence-corrected chi connectivity index (χ1v) is 21.3. The molecule has 0 spiro atoms. The number of ether oxygens (including phenoxy) is 2. The highest BCUT2D eigenvalue weighted by Crippen LogP contribution is 2.47. The maximum Gasteiger partial charge on any atom is 0.426 e. The van der Waals surface area contributed by atoms with E-state index in [-0.39, 0.29) is 23.8 Å². The minimum Gasteiger partial charge on any atom is -0.481 e. The number of carboxylic acid groups (broad SMARTS) is 1. The molecular formula is C45H61F7O4. The fraction of sp³-hybridized carbons (Fsp3) is 0.711. The van der Waals surface area contributed by atoms with Gasteiger partial charge in [-0.15, -0.1) is 0 Å². The highest BCUT2D eigenvalue weighted by atomic mass is 19.3. The summed E-state index contributed by atoms with van der Waals surface area (Å²) in [5.74, 6) is -3.35. The van der Waals surface area contributed by atoms with Crippen LogP contribution in [0.5, 0.6) is 11.5 Å². The van der Waals surface area contributed by atoms with Crippen LogP contribution in [0.3, 0.4) is 0 Å². The van der Waals surface area contributed by atoms with E-state index in [1.54, 1.807) is 0 Å².